The fourth-order valence-electron chi connectivity index (χ4n) is 5.08. The predicted octanol–water partition coefficient (Wildman–Crippen LogP) is 5.14. The molecule has 2 aliphatic rings. The quantitative estimate of drug-likeness (QED) is 0.353. The molecule has 5 rings (SSSR count). The number of phenols is 1. The summed E-state index contributed by atoms with van der Waals surface area (Å²) in [4.78, 5) is 51.8. The number of amides is 4. The normalized spacial score (nSPS) is 15.7. The molecule has 0 aliphatic carbocycles. The number of anilines is 1. The van der Waals surface area contributed by atoms with Gasteiger partial charge in [-0.3, -0.25) is 24.1 Å². The Bertz CT molecular complexity index is 1650. The lowest BCUT2D eigenvalue weighted by molar-refractivity contribution is -0.288. The van der Waals surface area contributed by atoms with E-state index in [0.29, 0.717) is 51.8 Å². The number of fused-ring (bicyclic) bond motifs is 2. The van der Waals surface area contributed by atoms with E-state index >= 15 is 0 Å². The standard InChI is InChI=1S/C27H16F6N2O5/c1-12-3-8-20(36)19(9-12)35-23(39)16-7-5-14(11-18(16)24(35)40)25(26(28,29)30,27(31,32)33)13-4-6-15-17(10-13)22(38)34(2)21(15)37/h3-11,36H,1-2H3. The van der Waals surface area contributed by atoms with Crippen LogP contribution < -0.4 is 4.90 Å². The summed E-state index contributed by atoms with van der Waals surface area (Å²) >= 11 is 0. The molecule has 0 saturated carbocycles. The van der Waals surface area contributed by atoms with Crippen LogP contribution in [0.4, 0.5) is 32.0 Å². The number of benzene rings is 3. The van der Waals surface area contributed by atoms with Crippen molar-refractivity contribution in [2.24, 2.45) is 0 Å². The molecule has 2 heterocycles. The van der Waals surface area contributed by atoms with Gasteiger partial charge in [0.05, 0.1) is 27.9 Å². The molecule has 0 radical (unpaired) electrons. The first-order valence-electron chi connectivity index (χ1n) is 11.5. The fraction of sp³-hybridized carbons (Fsp3) is 0.185. The minimum atomic E-state index is -6.06. The molecule has 3 aromatic rings. The van der Waals surface area contributed by atoms with E-state index in [-0.39, 0.29) is 11.3 Å². The molecule has 40 heavy (non-hydrogen) atoms. The van der Waals surface area contributed by atoms with Gasteiger partial charge >= 0.3 is 12.4 Å². The second-order valence-corrected chi connectivity index (χ2v) is 9.37. The molecule has 0 spiro atoms. The van der Waals surface area contributed by atoms with E-state index in [4.69, 9.17) is 0 Å². The van der Waals surface area contributed by atoms with Gasteiger partial charge in [-0.25, -0.2) is 4.90 Å². The summed E-state index contributed by atoms with van der Waals surface area (Å²) in [5.74, 6) is -4.78. The smallest absolute Gasteiger partial charge is 0.411 e. The van der Waals surface area contributed by atoms with Gasteiger partial charge in [0.1, 0.15) is 5.75 Å². The van der Waals surface area contributed by atoms with Crippen molar-refractivity contribution in [3.8, 4) is 5.75 Å². The number of hydrogen-bond acceptors (Lipinski definition) is 5. The Morgan fingerprint density at radius 2 is 1.07 bits per heavy atom. The van der Waals surface area contributed by atoms with Crippen LogP contribution in [0.5, 0.6) is 5.75 Å². The zero-order valence-corrected chi connectivity index (χ0v) is 20.4. The first-order chi connectivity index (χ1) is 18.5. The zero-order valence-electron chi connectivity index (χ0n) is 20.4. The largest absolute Gasteiger partial charge is 0.506 e. The van der Waals surface area contributed by atoms with Crippen LogP contribution in [0.2, 0.25) is 0 Å². The molecule has 0 bridgehead atoms. The van der Waals surface area contributed by atoms with Crippen LogP contribution in [0.1, 0.15) is 58.1 Å². The third-order valence-corrected chi connectivity index (χ3v) is 7.06. The number of phenolic OH excluding ortho intramolecular Hbond substituents is 1. The third kappa shape index (κ3) is 3.46. The molecule has 0 atom stereocenters. The molecular formula is C27H16F6N2O5. The van der Waals surface area contributed by atoms with E-state index in [1.165, 1.54) is 18.2 Å². The lowest BCUT2D eigenvalue weighted by Crippen LogP contribution is -2.55. The fourth-order valence-corrected chi connectivity index (χ4v) is 5.08. The van der Waals surface area contributed by atoms with E-state index in [0.717, 1.165) is 7.05 Å². The summed E-state index contributed by atoms with van der Waals surface area (Å²) in [6, 6.07) is 6.90. The van der Waals surface area contributed by atoms with Crippen LogP contribution in [0.3, 0.4) is 0 Å². The maximum absolute atomic E-state index is 14.7. The van der Waals surface area contributed by atoms with Crippen molar-refractivity contribution in [2.75, 3.05) is 11.9 Å². The van der Waals surface area contributed by atoms with Crippen molar-refractivity contribution in [1.29, 1.82) is 0 Å². The number of imide groups is 2. The van der Waals surface area contributed by atoms with Crippen molar-refractivity contribution in [3.63, 3.8) is 0 Å². The summed E-state index contributed by atoms with van der Waals surface area (Å²) in [6.07, 6.45) is -12.1. The summed E-state index contributed by atoms with van der Waals surface area (Å²) < 4.78 is 88.4. The van der Waals surface area contributed by atoms with E-state index in [9.17, 15) is 50.6 Å². The van der Waals surface area contributed by atoms with Gasteiger partial charge < -0.3 is 5.11 Å². The number of carbonyl (C=O) groups is 4. The molecule has 206 valence electrons. The maximum atomic E-state index is 14.7. The second-order valence-electron chi connectivity index (χ2n) is 9.37. The van der Waals surface area contributed by atoms with Gasteiger partial charge in [0.2, 0.25) is 5.41 Å². The number of carbonyl (C=O) groups excluding carboxylic acids is 4. The highest BCUT2D eigenvalue weighted by Crippen LogP contribution is 2.57. The van der Waals surface area contributed by atoms with Crippen LogP contribution in [0.15, 0.2) is 54.6 Å². The average molecular weight is 562 g/mol. The van der Waals surface area contributed by atoms with Gasteiger partial charge in [-0.1, -0.05) is 18.2 Å². The summed E-state index contributed by atoms with van der Waals surface area (Å²) in [5.41, 5.74) is -9.60. The lowest BCUT2D eigenvalue weighted by atomic mass is 9.71. The molecule has 0 fully saturated rings. The molecule has 2 aliphatic heterocycles. The van der Waals surface area contributed by atoms with E-state index in [1.807, 2.05) is 0 Å². The number of hydrogen-bond donors (Lipinski definition) is 1. The Morgan fingerprint density at radius 1 is 0.625 bits per heavy atom. The van der Waals surface area contributed by atoms with Gasteiger partial charge in [-0.2, -0.15) is 26.3 Å². The molecule has 13 heteroatoms. The van der Waals surface area contributed by atoms with Crippen molar-refractivity contribution in [3.05, 3.63) is 93.5 Å². The summed E-state index contributed by atoms with van der Waals surface area (Å²) in [6.45, 7) is 1.58. The Hall–Kier alpha value is -4.68. The predicted molar refractivity (Wildman–Crippen MR) is 126 cm³/mol. The van der Waals surface area contributed by atoms with E-state index in [2.05, 4.69) is 0 Å². The molecule has 4 amide bonds. The number of aromatic hydroxyl groups is 1. The number of alkyl halides is 6. The molecule has 1 N–H and O–H groups in total. The highest BCUT2D eigenvalue weighted by Gasteiger charge is 2.73. The lowest BCUT2D eigenvalue weighted by Gasteiger charge is -2.38. The van der Waals surface area contributed by atoms with Crippen molar-refractivity contribution >= 4 is 29.3 Å². The number of halogens is 6. The first kappa shape index (κ1) is 26.9. The molecule has 3 aromatic carbocycles. The number of rotatable bonds is 3. The van der Waals surface area contributed by atoms with Crippen molar-refractivity contribution < 1.29 is 50.6 Å². The van der Waals surface area contributed by atoms with Crippen LogP contribution in [-0.4, -0.2) is 53.0 Å². The van der Waals surface area contributed by atoms with Crippen molar-refractivity contribution in [2.45, 2.75) is 24.7 Å². The van der Waals surface area contributed by atoms with E-state index in [1.54, 1.807) is 6.92 Å². The molecular weight excluding hydrogens is 546 g/mol. The van der Waals surface area contributed by atoms with Gasteiger partial charge in [0, 0.05) is 7.05 Å². The molecule has 0 saturated heterocycles. The first-order valence-corrected chi connectivity index (χ1v) is 11.5. The zero-order chi connectivity index (χ0) is 29.5. The minimum Gasteiger partial charge on any atom is -0.506 e. The Kier molecular flexibility index (Phi) is 5.66. The van der Waals surface area contributed by atoms with Crippen molar-refractivity contribution in [1.82, 2.24) is 4.90 Å². The number of nitrogens with zero attached hydrogens (tertiary/aromatic N) is 2. The summed E-state index contributed by atoms with van der Waals surface area (Å²) in [7, 11) is 1.03. The minimum absolute atomic E-state index is 0.295. The van der Waals surface area contributed by atoms with Crippen LogP contribution in [0.25, 0.3) is 0 Å². The van der Waals surface area contributed by atoms with Crippen LogP contribution in [0, 0.1) is 6.92 Å². The monoisotopic (exact) mass is 562 g/mol. The Labute approximate surface area is 221 Å². The SMILES string of the molecule is Cc1ccc(O)c(N2C(=O)c3ccc(C(c4ccc5c(c4)C(=O)N(C)C5=O)(C(F)(F)F)C(F)(F)F)cc3C2=O)c1. The van der Waals surface area contributed by atoms with Gasteiger partial charge in [0.25, 0.3) is 23.6 Å². The molecule has 0 aromatic heterocycles. The highest BCUT2D eigenvalue weighted by atomic mass is 19.4. The van der Waals surface area contributed by atoms with Crippen LogP contribution >= 0.6 is 0 Å². The van der Waals surface area contributed by atoms with Crippen LogP contribution in [-0.2, 0) is 5.41 Å². The van der Waals surface area contributed by atoms with Gasteiger partial charge in [-0.05, 0) is 60.0 Å². The maximum Gasteiger partial charge on any atom is 0.411 e. The van der Waals surface area contributed by atoms with Gasteiger partial charge in [0.15, 0.2) is 0 Å². The molecule has 7 nitrogen and oxygen atoms in total. The molecule has 0 unspecified atom stereocenters. The topological polar surface area (TPSA) is 95.0 Å². The Balaban J connectivity index is 1.75. The Morgan fingerprint density at radius 3 is 1.60 bits per heavy atom. The highest BCUT2D eigenvalue weighted by molar-refractivity contribution is 6.35. The third-order valence-electron chi connectivity index (χ3n) is 7.06. The van der Waals surface area contributed by atoms with E-state index < -0.39 is 75.0 Å². The second kappa shape index (κ2) is 8.41. The average Bonchev–Trinajstić information content (AvgIpc) is 3.23. The summed E-state index contributed by atoms with van der Waals surface area (Å²) in [5, 5.41) is 10.2. The number of aryl methyl sites for hydroxylation is 1. The van der Waals surface area contributed by atoms with Gasteiger partial charge in [-0.15, -0.1) is 0 Å².